The van der Waals surface area contributed by atoms with Gasteiger partial charge in [0.05, 0.1) is 13.2 Å². The van der Waals surface area contributed by atoms with Crippen LogP contribution in [0.25, 0.3) is 0 Å². The molecular formula is C16H25N3O3S. The van der Waals surface area contributed by atoms with Crippen molar-refractivity contribution in [1.29, 1.82) is 0 Å². The molecule has 6 nitrogen and oxygen atoms in total. The van der Waals surface area contributed by atoms with Crippen LogP contribution in [-0.4, -0.2) is 57.1 Å². The van der Waals surface area contributed by atoms with Gasteiger partial charge >= 0.3 is 0 Å². The molecule has 23 heavy (non-hydrogen) atoms. The maximum Gasteiger partial charge on any atom is 0.244 e. The maximum atomic E-state index is 12.6. The van der Waals surface area contributed by atoms with Crippen LogP contribution in [-0.2, 0) is 14.8 Å². The van der Waals surface area contributed by atoms with E-state index in [4.69, 9.17) is 4.74 Å². The standard InChI is InChI=1S/C16H25N3O3S/c20-23(21,19-10-12-22-13-11-19)15-6-7-16(17-14-15)18-8-4-2-1-3-5-9-18/h6-7,14H,1-5,8-13H2. The van der Waals surface area contributed by atoms with Crippen molar-refractivity contribution >= 4 is 15.8 Å². The summed E-state index contributed by atoms with van der Waals surface area (Å²) in [6.07, 6.45) is 7.70. The monoisotopic (exact) mass is 339 g/mol. The second-order valence-corrected chi connectivity index (χ2v) is 8.06. The van der Waals surface area contributed by atoms with E-state index in [1.165, 1.54) is 42.6 Å². The van der Waals surface area contributed by atoms with E-state index < -0.39 is 10.0 Å². The Morgan fingerprint density at radius 3 is 2.17 bits per heavy atom. The number of hydrogen-bond acceptors (Lipinski definition) is 5. The van der Waals surface area contributed by atoms with Crippen molar-refractivity contribution in [2.75, 3.05) is 44.3 Å². The highest BCUT2D eigenvalue weighted by Crippen LogP contribution is 2.21. The van der Waals surface area contributed by atoms with E-state index in [9.17, 15) is 8.42 Å². The van der Waals surface area contributed by atoms with Gasteiger partial charge in [0.15, 0.2) is 0 Å². The summed E-state index contributed by atoms with van der Waals surface area (Å²) >= 11 is 0. The van der Waals surface area contributed by atoms with Crippen LogP contribution in [0.5, 0.6) is 0 Å². The summed E-state index contributed by atoms with van der Waals surface area (Å²) in [5.41, 5.74) is 0. The van der Waals surface area contributed by atoms with Crippen molar-refractivity contribution in [2.24, 2.45) is 0 Å². The quantitative estimate of drug-likeness (QED) is 0.841. The summed E-state index contributed by atoms with van der Waals surface area (Å²) in [5, 5.41) is 0. The van der Waals surface area contributed by atoms with Gasteiger partial charge in [0, 0.05) is 32.4 Å². The van der Waals surface area contributed by atoms with E-state index in [0.717, 1.165) is 18.9 Å². The number of rotatable bonds is 3. The number of sulfonamides is 1. The normalized spacial score (nSPS) is 21.7. The first-order valence-electron chi connectivity index (χ1n) is 8.47. The maximum absolute atomic E-state index is 12.6. The van der Waals surface area contributed by atoms with Crippen LogP contribution in [0.4, 0.5) is 5.82 Å². The fraction of sp³-hybridized carbons (Fsp3) is 0.688. The van der Waals surface area contributed by atoms with Crippen molar-refractivity contribution in [1.82, 2.24) is 9.29 Å². The number of nitrogens with zero attached hydrogens (tertiary/aromatic N) is 3. The Bertz CT molecular complexity index is 590. The van der Waals surface area contributed by atoms with E-state index in [1.807, 2.05) is 6.07 Å². The topological polar surface area (TPSA) is 62.7 Å². The lowest BCUT2D eigenvalue weighted by Crippen LogP contribution is -2.40. The Labute approximate surface area is 138 Å². The summed E-state index contributed by atoms with van der Waals surface area (Å²) in [4.78, 5) is 6.97. The zero-order valence-electron chi connectivity index (χ0n) is 13.5. The number of pyridine rings is 1. The first-order chi connectivity index (χ1) is 11.2. The summed E-state index contributed by atoms with van der Waals surface area (Å²) in [6, 6.07) is 3.53. The zero-order chi connectivity index (χ0) is 16.1. The molecule has 2 aliphatic heterocycles. The second-order valence-electron chi connectivity index (χ2n) is 6.12. The minimum atomic E-state index is -3.45. The van der Waals surface area contributed by atoms with Crippen molar-refractivity contribution in [3.63, 3.8) is 0 Å². The Morgan fingerprint density at radius 1 is 0.913 bits per heavy atom. The van der Waals surface area contributed by atoms with Crippen molar-refractivity contribution < 1.29 is 13.2 Å². The van der Waals surface area contributed by atoms with E-state index in [1.54, 1.807) is 6.07 Å². The number of anilines is 1. The first-order valence-corrected chi connectivity index (χ1v) is 9.91. The molecule has 0 unspecified atom stereocenters. The van der Waals surface area contributed by atoms with Gasteiger partial charge in [0.25, 0.3) is 0 Å². The summed E-state index contributed by atoms with van der Waals surface area (Å²) < 4.78 is 31.9. The van der Waals surface area contributed by atoms with Crippen LogP contribution in [0, 0.1) is 0 Å². The van der Waals surface area contributed by atoms with Crippen molar-refractivity contribution in [3.05, 3.63) is 18.3 Å². The molecule has 1 aromatic rings. The van der Waals surface area contributed by atoms with Gasteiger partial charge in [-0.15, -0.1) is 0 Å². The largest absolute Gasteiger partial charge is 0.379 e. The third kappa shape index (κ3) is 4.02. The van der Waals surface area contributed by atoms with Gasteiger partial charge in [-0.25, -0.2) is 13.4 Å². The van der Waals surface area contributed by atoms with Crippen LogP contribution in [0.15, 0.2) is 23.2 Å². The first kappa shape index (κ1) is 16.7. The van der Waals surface area contributed by atoms with Crippen LogP contribution in [0.1, 0.15) is 32.1 Å². The molecule has 0 atom stereocenters. The van der Waals surface area contributed by atoms with E-state index in [2.05, 4.69) is 9.88 Å². The molecule has 0 radical (unpaired) electrons. The van der Waals surface area contributed by atoms with E-state index >= 15 is 0 Å². The van der Waals surface area contributed by atoms with Crippen LogP contribution >= 0.6 is 0 Å². The lowest BCUT2D eigenvalue weighted by molar-refractivity contribution is 0.0730. The third-order valence-electron chi connectivity index (χ3n) is 4.51. The Hall–Kier alpha value is -1.18. The van der Waals surface area contributed by atoms with Gasteiger partial charge in [-0.05, 0) is 25.0 Å². The molecule has 1 aromatic heterocycles. The van der Waals surface area contributed by atoms with Gasteiger partial charge in [-0.2, -0.15) is 4.31 Å². The zero-order valence-corrected chi connectivity index (χ0v) is 14.3. The van der Waals surface area contributed by atoms with E-state index in [-0.39, 0.29) is 4.90 Å². The smallest absolute Gasteiger partial charge is 0.244 e. The minimum absolute atomic E-state index is 0.273. The molecule has 0 aromatic carbocycles. The molecule has 7 heteroatoms. The Morgan fingerprint density at radius 2 is 1.57 bits per heavy atom. The van der Waals surface area contributed by atoms with Crippen molar-refractivity contribution in [3.8, 4) is 0 Å². The number of aromatic nitrogens is 1. The lowest BCUT2D eigenvalue weighted by atomic mass is 10.1. The fourth-order valence-electron chi connectivity index (χ4n) is 3.12. The number of ether oxygens (including phenoxy) is 1. The predicted molar refractivity (Wildman–Crippen MR) is 89.1 cm³/mol. The van der Waals surface area contributed by atoms with Gasteiger partial charge < -0.3 is 9.64 Å². The van der Waals surface area contributed by atoms with E-state index in [0.29, 0.717) is 26.3 Å². The lowest BCUT2D eigenvalue weighted by Gasteiger charge is -2.27. The molecule has 0 spiro atoms. The highest BCUT2D eigenvalue weighted by molar-refractivity contribution is 7.89. The SMILES string of the molecule is O=S(=O)(c1ccc(N2CCCCCCC2)nc1)N1CCOCC1. The average molecular weight is 339 g/mol. The van der Waals surface area contributed by atoms with Gasteiger partial charge in [0.1, 0.15) is 10.7 Å². The van der Waals surface area contributed by atoms with Crippen LogP contribution in [0.3, 0.4) is 0 Å². The van der Waals surface area contributed by atoms with Crippen molar-refractivity contribution in [2.45, 2.75) is 37.0 Å². The molecule has 3 rings (SSSR count). The molecular weight excluding hydrogens is 314 g/mol. The minimum Gasteiger partial charge on any atom is -0.379 e. The van der Waals surface area contributed by atoms with Crippen LogP contribution in [0.2, 0.25) is 0 Å². The van der Waals surface area contributed by atoms with Gasteiger partial charge in [0.2, 0.25) is 10.0 Å². The summed E-state index contributed by atoms with van der Waals surface area (Å²) in [6.45, 7) is 3.74. The summed E-state index contributed by atoms with van der Waals surface area (Å²) in [5.74, 6) is 0.882. The summed E-state index contributed by atoms with van der Waals surface area (Å²) in [7, 11) is -3.45. The van der Waals surface area contributed by atoms with Gasteiger partial charge in [-0.1, -0.05) is 19.3 Å². The molecule has 2 saturated heterocycles. The highest BCUT2D eigenvalue weighted by Gasteiger charge is 2.26. The highest BCUT2D eigenvalue weighted by atomic mass is 32.2. The predicted octanol–water partition coefficient (Wildman–Crippen LogP) is 1.87. The molecule has 0 bridgehead atoms. The van der Waals surface area contributed by atoms with Crippen LogP contribution < -0.4 is 4.90 Å². The fourth-order valence-corrected chi connectivity index (χ4v) is 4.48. The second kappa shape index (κ2) is 7.59. The number of hydrogen-bond donors (Lipinski definition) is 0. The molecule has 0 saturated carbocycles. The number of morpholine rings is 1. The molecule has 2 fully saturated rings. The van der Waals surface area contributed by atoms with Gasteiger partial charge in [-0.3, -0.25) is 0 Å². The molecule has 0 N–H and O–H groups in total. The molecule has 2 aliphatic rings. The molecule has 0 amide bonds. The molecule has 0 aliphatic carbocycles. The average Bonchev–Trinajstić information content (AvgIpc) is 2.56. The Balaban J connectivity index is 1.73. The molecule has 3 heterocycles. The Kier molecular flexibility index (Phi) is 5.50. The third-order valence-corrected chi connectivity index (χ3v) is 6.39. The molecule has 128 valence electrons.